The molecule has 2 heterocycles. The molecule has 0 amide bonds. The third-order valence-electron chi connectivity index (χ3n) is 4.40. The van der Waals surface area contributed by atoms with Crippen molar-refractivity contribution in [3.63, 3.8) is 0 Å². The Hall–Kier alpha value is -2.61. The molecular formula is C19H16Cl2N6S. The topological polar surface area (TPSA) is 82.3 Å². The zero-order valence-electron chi connectivity index (χ0n) is 14.6. The van der Waals surface area contributed by atoms with Gasteiger partial charge in [-0.25, -0.2) is 4.98 Å². The first-order valence-electron chi connectivity index (χ1n) is 8.49. The molecule has 0 unspecified atom stereocenters. The molecule has 0 aliphatic carbocycles. The van der Waals surface area contributed by atoms with E-state index in [1.54, 1.807) is 11.2 Å². The molecule has 4 rings (SSSR count). The number of rotatable bonds is 3. The van der Waals surface area contributed by atoms with Crippen LogP contribution in [0.1, 0.15) is 18.0 Å². The van der Waals surface area contributed by atoms with Crippen LogP contribution in [-0.4, -0.2) is 25.9 Å². The Morgan fingerprint density at radius 2 is 1.75 bits per heavy atom. The van der Waals surface area contributed by atoms with Crippen LogP contribution in [0.5, 0.6) is 0 Å². The smallest absolute Gasteiger partial charge is 0.229 e. The van der Waals surface area contributed by atoms with Crippen LogP contribution in [0.15, 0.2) is 59.7 Å². The molecule has 1 fully saturated rings. The first-order valence-corrected chi connectivity index (χ1v) is 9.65. The molecule has 3 aromatic rings. The number of hydrazine groups is 1. The van der Waals surface area contributed by atoms with E-state index in [0.29, 0.717) is 28.3 Å². The molecule has 1 aromatic heterocycles. The molecule has 4 N–H and O–H groups in total. The fourth-order valence-electron chi connectivity index (χ4n) is 3.04. The maximum atomic E-state index is 5.99. The van der Waals surface area contributed by atoms with E-state index in [4.69, 9.17) is 41.2 Å². The van der Waals surface area contributed by atoms with Gasteiger partial charge in [-0.1, -0.05) is 47.5 Å². The van der Waals surface area contributed by atoms with E-state index in [0.717, 1.165) is 16.8 Å². The first kappa shape index (κ1) is 18.7. The number of halogens is 2. The van der Waals surface area contributed by atoms with Gasteiger partial charge in [0.05, 0.1) is 17.9 Å². The quantitative estimate of drug-likeness (QED) is 0.528. The van der Waals surface area contributed by atoms with Crippen LogP contribution in [0.4, 0.5) is 5.95 Å². The fourth-order valence-corrected chi connectivity index (χ4v) is 3.46. The summed E-state index contributed by atoms with van der Waals surface area (Å²) in [5.41, 5.74) is 11.9. The number of aliphatic imine (C=N–C) groups is 1. The van der Waals surface area contributed by atoms with Crippen molar-refractivity contribution in [3.05, 3.63) is 70.3 Å². The Balaban J connectivity index is 1.57. The Labute approximate surface area is 177 Å². The van der Waals surface area contributed by atoms with Crippen molar-refractivity contribution < 1.29 is 0 Å². The van der Waals surface area contributed by atoms with Crippen molar-refractivity contribution in [2.24, 2.45) is 10.7 Å². The standard InChI is InChI=1S/C19H16Cl2N6S/c20-13-5-1-11(2-6-13)15-10-23-19(24-15)25-17-9-16(27(26-17)18(22)28)12-3-7-14(21)8-4-12/h1-8,10,16H,9H2,(H2,22,28)(H2,23,24,25,26)/t16-/m1/s1. The zero-order valence-corrected chi connectivity index (χ0v) is 16.9. The van der Waals surface area contributed by atoms with Crippen LogP contribution in [-0.2, 0) is 0 Å². The zero-order chi connectivity index (χ0) is 19.7. The summed E-state index contributed by atoms with van der Waals surface area (Å²) < 4.78 is 0. The monoisotopic (exact) mass is 430 g/mol. The van der Waals surface area contributed by atoms with Crippen LogP contribution in [0.3, 0.4) is 0 Å². The number of amidine groups is 1. The van der Waals surface area contributed by atoms with E-state index in [9.17, 15) is 0 Å². The van der Waals surface area contributed by atoms with Crippen LogP contribution < -0.4 is 11.2 Å². The molecule has 142 valence electrons. The first-order chi connectivity index (χ1) is 13.5. The summed E-state index contributed by atoms with van der Waals surface area (Å²) in [6.45, 7) is 0. The third kappa shape index (κ3) is 3.96. The molecular weight excluding hydrogens is 415 g/mol. The van der Waals surface area contributed by atoms with Gasteiger partial charge in [-0.2, -0.15) is 4.99 Å². The average Bonchev–Trinajstić information content (AvgIpc) is 3.31. The number of nitrogens with one attached hydrogen (secondary N) is 2. The lowest BCUT2D eigenvalue weighted by atomic mass is 10.0. The van der Waals surface area contributed by atoms with Crippen molar-refractivity contribution in [1.29, 1.82) is 0 Å². The highest BCUT2D eigenvalue weighted by Gasteiger charge is 2.31. The lowest BCUT2D eigenvalue weighted by Gasteiger charge is -2.23. The maximum absolute atomic E-state index is 5.99. The largest absolute Gasteiger partial charge is 0.375 e. The molecule has 1 atom stereocenters. The lowest BCUT2D eigenvalue weighted by Crippen LogP contribution is -2.43. The number of aromatic amines is 1. The Morgan fingerprint density at radius 1 is 1.11 bits per heavy atom. The summed E-state index contributed by atoms with van der Waals surface area (Å²) in [5, 5.41) is 3.33. The van der Waals surface area contributed by atoms with Gasteiger partial charge in [-0.3, -0.25) is 10.4 Å². The number of nitrogens with zero attached hydrogens (tertiary/aromatic N) is 3. The van der Waals surface area contributed by atoms with Gasteiger partial charge >= 0.3 is 0 Å². The highest BCUT2D eigenvalue weighted by Crippen LogP contribution is 2.30. The number of hydrogen-bond donors (Lipinski definition) is 3. The maximum Gasteiger partial charge on any atom is 0.229 e. The van der Waals surface area contributed by atoms with Crippen molar-refractivity contribution in [3.8, 4) is 11.3 Å². The summed E-state index contributed by atoms with van der Waals surface area (Å²) in [6.07, 6.45) is 2.34. The minimum Gasteiger partial charge on any atom is -0.375 e. The molecule has 0 saturated carbocycles. The minimum absolute atomic E-state index is 0.0702. The molecule has 6 nitrogen and oxygen atoms in total. The molecule has 28 heavy (non-hydrogen) atoms. The van der Waals surface area contributed by atoms with Gasteiger partial charge in [0.1, 0.15) is 5.84 Å². The number of imidazole rings is 1. The molecule has 1 saturated heterocycles. The van der Waals surface area contributed by atoms with E-state index < -0.39 is 0 Å². The van der Waals surface area contributed by atoms with Crippen molar-refractivity contribution in [2.75, 3.05) is 0 Å². The van der Waals surface area contributed by atoms with Crippen molar-refractivity contribution in [1.82, 2.24) is 20.4 Å². The van der Waals surface area contributed by atoms with Crippen LogP contribution in [0.25, 0.3) is 11.3 Å². The number of aromatic nitrogens is 2. The predicted octanol–water partition coefficient (Wildman–Crippen LogP) is 4.61. The van der Waals surface area contributed by atoms with E-state index in [1.807, 2.05) is 48.5 Å². The van der Waals surface area contributed by atoms with Crippen LogP contribution in [0, 0.1) is 0 Å². The molecule has 0 bridgehead atoms. The van der Waals surface area contributed by atoms with Gasteiger partial charge in [-0.15, -0.1) is 0 Å². The minimum atomic E-state index is -0.0702. The third-order valence-corrected chi connectivity index (χ3v) is 5.10. The molecule has 1 aliphatic heterocycles. The average molecular weight is 431 g/mol. The molecule has 0 spiro atoms. The Morgan fingerprint density at radius 3 is 2.39 bits per heavy atom. The Kier molecular flexibility index (Phi) is 5.21. The second-order valence-corrected chi connectivity index (χ2v) is 7.57. The van der Waals surface area contributed by atoms with E-state index in [1.165, 1.54) is 0 Å². The number of nitrogens with two attached hydrogens (primary N) is 1. The lowest BCUT2D eigenvalue weighted by molar-refractivity contribution is 0.333. The normalized spacial score (nSPS) is 17.7. The summed E-state index contributed by atoms with van der Waals surface area (Å²) in [4.78, 5) is 12.1. The van der Waals surface area contributed by atoms with Crippen molar-refractivity contribution >= 4 is 52.3 Å². The Bertz CT molecular complexity index is 1030. The molecule has 0 radical (unpaired) electrons. The van der Waals surface area contributed by atoms with Crippen LogP contribution >= 0.6 is 35.4 Å². The van der Waals surface area contributed by atoms with Gasteiger partial charge in [0, 0.05) is 16.5 Å². The summed E-state index contributed by atoms with van der Waals surface area (Å²) in [7, 11) is 0. The van der Waals surface area contributed by atoms with E-state index in [2.05, 4.69) is 20.4 Å². The van der Waals surface area contributed by atoms with Gasteiger partial charge in [0.2, 0.25) is 5.95 Å². The van der Waals surface area contributed by atoms with Gasteiger partial charge in [-0.05, 0) is 47.6 Å². The SMILES string of the molecule is NC(=S)N1N/C(=N\c2ncc(-c3ccc(Cl)cc3)[nH]2)C[C@@H]1c1ccc(Cl)cc1. The number of H-pyrrole nitrogens is 1. The summed E-state index contributed by atoms with van der Waals surface area (Å²) >= 11 is 17.1. The number of hydrogen-bond acceptors (Lipinski definition) is 3. The van der Waals surface area contributed by atoms with Gasteiger partial charge in [0.15, 0.2) is 5.11 Å². The van der Waals surface area contributed by atoms with Crippen molar-refractivity contribution in [2.45, 2.75) is 12.5 Å². The molecule has 9 heteroatoms. The highest BCUT2D eigenvalue weighted by molar-refractivity contribution is 7.80. The second-order valence-electron chi connectivity index (χ2n) is 6.28. The van der Waals surface area contributed by atoms with Gasteiger partial charge in [0.25, 0.3) is 0 Å². The second kappa shape index (κ2) is 7.79. The number of thiocarbonyl (C=S) groups is 1. The van der Waals surface area contributed by atoms with E-state index >= 15 is 0 Å². The summed E-state index contributed by atoms with van der Waals surface area (Å²) in [6, 6.07) is 15.0. The van der Waals surface area contributed by atoms with Crippen LogP contribution in [0.2, 0.25) is 10.0 Å². The predicted molar refractivity (Wildman–Crippen MR) is 117 cm³/mol. The highest BCUT2D eigenvalue weighted by atomic mass is 35.5. The van der Waals surface area contributed by atoms with Gasteiger partial charge < -0.3 is 10.7 Å². The molecule has 1 aliphatic rings. The van der Waals surface area contributed by atoms with E-state index in [-0.39, 0.29) is 11.2 Å². The number of benzene rings is 2. The molecule has 2 aromatic carbocycles. The fraction of sp³-hybridized carbons (Fsp3) is 0.105. The summed E-state index contributed by atoms with van der Waals surface area (Å²) in [5.74, 6) is 1.21.